The molecular formula is C16H19F2NO3. The van der Waals surface area contributed by atoms with Crippen LogP contribution in [0.15, 0.2) is 12.1 Å². The van der Waals surface area contributed by atoms with Crippen molar-refractivity contribution in [3.05, 3.63) is 29.3 Å². The first-order valence-electron chi connectivity index (χ1n) is 6.71. The third-order valence-corrected chi connectivity index (χ3v) is 2.38. The predicted molar refractivity (Wildman–Crippen MR) is 78.6 cm³/mol. The van der Waals surface area contributed by atoms with E-state index in [1.165, 1.54) is 7.11 Å². The minimum absolute atomic E-state index is 0.159. The van der Waals surface area contributed by atoms with Gasteiger partial charge in [0.25, 0.3) is 0 Å². The molecule has 0 spiro atoms. The van der Waals surface area contributed by atoms with Gasteiger partial charge < -0.3 is 14.8 Å². The van der Waals surface area contributed by atoms with Crippen LogP contribution in [0.1, 0.15) is 32.8 Å². The van der Waals surface area contributed by atoms with Crippen LogP contribution < -0.4 is 10.1 Å². The molecule has 0 saturated carbocycles. The maximum absolute atomic E-state index is 13.2. The van der Waals surface area contributed by atoms with Crippen LogP contribution in [0.2, 0.25) is 0 Å². The molecule has 0 fully saturated rings. The summed E-state index contributed by atoms with van der Waals surface area (Å²) in [5.41, 5.74) is -0.312. The summed E-state index contributed by atoms with van der Waals surface area (Å²) in [7, 11) is 1.35. The fourth-order valence-corrected chi connectivity index (χ4v) is 1.49. The number of alkyl carbamates (subject to hydrolysis) is 1. The van der Waals surface area contributed by atoms with E-state index in [1.807, 2.05) is 0 Å². The topological polar surface area (TPSA) is 47.6 Å². The first kappa shape index (κ1) is 17.8. The molecule has 1 amide bonds. The van der Waals surface area contributed by atoms with Gasteiger partial charge in [0.2, 0.25) is 0 Å². The fourth-order valence-electron chi connectivity index (χ4n) is 1.49. The van der Waals surface area contributed by atoms with Crippen LogP contribution in [0, 0.1) is 23.5 Å². The standard InChI is InChI=1S/C16H19F2NO3/c1-16(2,3)22-15(20)19-8-6-5-7-11-9-12(17)13(18)10-14(11)21-4/h9-10H,6,8H2,1-4H3,(H,19,20). The summed E-state index contributed by atoms with van der Waals surface area (Å²) in [4.78, 5) is 11.4. The Bertz CT molecular complexity index is 598. The molecule has 1 aromatic carbocycles. The highest BCUT2D eigenvalue weighted by molar-refractivity contribution is 5.67. The molecule has 0 radical (unpaired) electrons. The van der Waals surface area contributed by atoms with E-state index >= 15 is 0 Å². The Morgan fingerprint density at radius 2 is 1.91 bits per heavy atom. The minimum Gasteiger partial charge on any atom is -0.495 e. The second-order valence-electron chi connectivity index (χ2n) is 5.45. The van der Waals surface area contributed by atoms with Crippen molar-refractivity contribution >= 4 is 6.09 Å². The highest BCUT2D eigenvalue weighted by atomic mass is 19.2. The van der Waals surface area contributed by atoms with Gasteiger partial charge in [-0.1, -0.05) is 11.8 Å². The van der Waals surface area contributed by atoms with Gasteiger partial charge in [-0.25, -0.2) is 13.6 Å². The van der Waals surface area contributed by atoms with E-state index in [1.54, 1.807) is 20.8 Å². The van der Waals surface area contributed by atoms with Crippen LogP contribution >= 0.6 is 0 Å². The molecule has 1 rings (SSSR count). The molecule has 0 aliphatic heterocycles. The van der Waals surface area contributed by atoms with E-state index in [9.17, 15) is 13.6 Å². The number of hydrogen-bond acceptors (Lipinski definition) is 3. The number of nitrogens with one attached hydrogen (secondary N) is 1. The van der Waals surface area contributed by atoms with E-state index in [2.05, 4.69) is 17.2 Å². The molecular weight excluding hydrogens is 292 g/mol. The number of benzene rings is 1. The van der Waals surface area contributed by atoms with Gasteiger partial charge in [0, 0.05) is 19.0 Å². The zero-order valence-corrected chi connectivity index (χ0v) is 13.0. The number of carbonyl (C=O) groups excluding carboxylic acids is 1. The van der Waals surface area contributed by atoms with Crippen LogP contribution in [0.4, 0.5) is 13.6 Å². The van der Waals surface area contributed by atoms with Crippen molar-refractivity contribution in [3.63, 3.8) is 0 Å². The summed E-state index contributed by atoms with van der Waals surface area (Å²) in [6, 6.07) is 1.92. The van der Waals surface area contributed by atoms with Crippen molar-refractivity contribution in [3.8, 4) is 17.6 Å². The predicted octanol–water partition coefficient (Wildman–Crippen LogP) is 3.24. The highest BCUT2D eigenvalue weighted by Gasteiger charge is 2.15. The van der Waals surface area contributed by atoms with Gasteiger partial charge in [0.15, 0.2) is 11.6 Å². The van der Waals surface area contributed by atoms with Crippen LogP contribution in [0.3, 0.4) is 0 Å². The fraction of sp³-hybridized carbons (Fsp3) is 0.438. The van der Waals surface area contributed by atoms with Crippen LogP contribution in [0.25, 0.3) is 0 Å². The Morgan fingerprint density at radius 1 is 1.27 bits per heavy atom. The molecule has 0 aromatic heterocycles. The summed E-state index contributed by atoms with van der Waals surface area (Å²) in [5, 5.41) is 2.55. The lowest BCUT2D eigenvalue weighted by molar-refractivity contribution is 0.0529. The largest absolute Gasteiger partial charge is 0.495 e. The zero-order valence-electron chi connectivity index (χ0n) is 13.0. The van der Waals surface area contributed by atoms with E-state index in [4.69, 9.17) is 9.47 Å². The lowest BCUT2D eigenvalue weighted by Gasteiger charge is -2.19. The number of hydrogen-bond donors (Lipinski definition) is 1. The van der Waals surface area contributed by atoms with Gasteiger partial charge in [0.05, 0.1) is 12.7 Å². The Kier molecular flexibility index (Phi) is 6.17. The molecule has 120 valence electrons. The Labute approximate surface area is 128 Å². The van der Waals surface area contributed by atoms with Crippen molar-refractivity contribution in [2.45, 2.75) is 32.8 Å². The quantitative estimate of drug-likeness (QED) is 0.688. The van der Waals surface area contributed by atoms with Crippen molar-refractivity contribution in [1.29, 1.82) is 0 Å². The number of rotatable bonds is 3. The van der Waals surface area contributed by atoms with Gasteiger partial charge >= 0.3 is 6.09 Å². The number of carbonyl (C=O) groups is 1. The molecule has 0 aliphatic carbocycles. The maximum atomic E-state index is 13.2. The summed E-state index contributed by atoms with van der Waals surface area (Å²) in [5.74, 6) is 3.61. The van der Waals surface area contributed by atoms with Gasteiger partial charge in [0.1, 0.15) is 11.4 Å². The van der Waals surface area contributed by atoms with Crippen molar-refractivity contribution in [2.75, 3.05) is 13.7 Å². The molecule has 1 N–H and O–H groups in total. The SMILES string of the molecule is COc1cc(F)c(F)cc1C#CCCNC(=O)OC(C)(C)C. The second kappa shape index (κ2) is 7.64. The average Bonchev–Trinajstić information content (AvgIpc) is 2.39. The van der Waals surface area contributed by atoms with E-state index in [-0.39, 0.29) is 17.9 Å². The maximum Gasteiger partial charge on any atom is 0.407 e. The summed E-state index contributed by atoms with van der Waals surface area (Å²) in [6.07, 6.45) is -0.193. The summed E-state index contributed by atoms with van der Waals surface area (Å²) in [6.45, 7) is 5.58. The monoisotopic (exact) mass is 311 g/mol. The van der Waals surface area contributed by atoms with E-state index in [0.717, 1.165) is 12.1 Å². The lowest BCUT2D eigenvalue weighted by Crippen LogP contribution is -2.32. The first-order valence-corrected chi connectivity index (χ1v) is 6.71. The Morgan fingerprint density at radius 3 is 2.50 bits per heavy atom. The highest BCUT2D eigenvalue weighted by Crippen LogP contribution is 2.21. The number of ether oxygens (including phenoxy) is 2. The molecule has 22 heavy (non-hydrogen) atoms. The summed E-state index contributed by atoms with van der Waals surface area (Å²) < 4.78 is 36.2. The average molecular weight is 311 g/mol. The number of halogens is 2. The molecule has 1 aromatic rings. The third kappa shape index (κ3) is 6.00. The second-order valence-corrected chi connectivity index (χ2v) is 5.45. The van der Waals surface area contributed by atoms with Crippen molar-refractivity contribution < 1.29 is 23.0 Å². The molecule has 0 bridgehead atoms. The van der Waals surface area contributed by atoms with E-state index in [0.29, 0.717) is 6.42 Å². The van der Waals surface area contributed by atoms with Gasteiger partial charge in [-0.15, -0.1) is 0 Å². The van der Waals surface area contributed by atoms with Crippen molar-refractivity contribution in [2.24, 2.45) is 0 Å². The number of amides is 1. The minimum atomic E-state index is -0.992. The van der Waals surface area contributed by atoms with Crippen LogP contribution in [-0.4, -0.2) is 25.3 Å². The molecule has 0 saturated heterocycles. The van der Waals surface area contributed by atoms with Crippen LogP contribution in [0.5, 0.6) is 5.75 Å². The van der Waals surface area contributed by atoms with Gasteiger partial charge in [-0.05, 0) is 26.8 Å². The molecule has 4 nitrogen and oxygen atoms in total. The Hall–Kier alpha value is -2.29. The molecule has 6 heteroatoms. The zero-order chi connectivity index (χ0) is 16.8. The normalized spacial score (nSPS) is 10.5. The third-order valence-electron chi connectivity index (χ3n) is 2.38. The van der Waals surface area contributed by atoms with Gasteiger partial charge in [-0.2, -0.15) is 0 Å². The van der Waals surface area contributed by atoms with Crippen molar-refractivity contribution in [1.82, 2.24) is 5.32 Å². The summed E-state index contributed by atoms with van der Waals surface area (Å²) >= 11 is 0. The molecule has 0 aliphatic rings. The molecule has 0 unspecified atom stereocenters. The Balaban J connectivity index is 2.55. The first-order chi connectivity index (χ1) is 10.2. The molecule has 0 atom stereocenters. The lowest BCUT2D eigenvalue weighted by atomic mass is 10.2. The number of methoxy groups -OCH3 is 1. The smallest absolute Gasteiger partial charge is 0.407 e. The van der Waals surface area contributed by atoms with Gasteiger partial charge in [-0.3, -0.25) is 0 Å². The van der Waals surface area contributed by atoms with E-state index < -0.39 is 23.3 Å². The van der Waals surface area contributed by atoms with Crippen LogP contribution in [-0.2, 0) is 4.74 Å². The molecule has 0 heterocycles.